The Morgan fingerprint density at radius 1 is 1.41 bits per heavy atom. The third-order valence-electron chi connectivity index (χ3n) is 3.89. The van der Waals surface area contributed by atoms with E-state index in [9.17, 15) is 13.6 Å². The molecular weight excluding hydrogens is 290 g/mol. The number of anilines is 1. The topological polar surface area (TPSA) is 59.0 Å². The van der Waals surface area contributed by atoms with E-state index in [0.29, 0.717) is 13.1 Å². The molecule has 1 aromatic carbocycles. The highest BCUT2D eigenvalue weighted by Crippen LogP contribution is 2.29. The van der Waals surface area contributed by atoms with Crippen LogP contribution in [0, 0.1) is 17.6 Å². The lowest BCUT2D eigenvalue weighted by atomic mass is 9.90. The van der Waals surface area contributed by atoms with Crippen LogP contribution < -0.4 is 10.6 Å². The lowest BCUT2D eigenvalue weighted by Crippen LogP contribution is -2.28. The van der Waals surface area contributed by atoms with E-state index in [-0.39, 0.29) is 23.4 Å². The minimum atomic E-state index is -0.780. The van der Waals surface area contributed by atoms with Crippen molar-refractivity contribution >= 4 is 11.6 Å². The van der Waals surface area contributed by atoms with Crippen molar-refractivity contribution in [2.75, 3.05) is 18.4 Å². The van der Waals surface area contributed by atoms with Crippen molar-refractivity contribution in [2.24, 2.45) is 13.0 Å². The summed E-state index contributed by atoms with van der Waals surface area (Å²) in [6, 6.07) is 3.09. The number of amides is 1. The molecule has 0 spiro atoms. The minimum Gasteiger partial charge on any atom is -0.323 e. The second kappa shape index (κ2) is 5.84. The van der Waals surface area contributed by atoms with Gasteiger partial charge in [0.05, 0.1) is 17.8 Å². The van der Waals surface area contributed by atoms with Gasteiger partial charge in [0.1, 0.15) is 11.6 Å². The number of hydrogen-bond acceptors (Lipinski definition) is 3. The first kappa shape index (κ1) is 14.6. The van der Waals surface area contributed by atoms with Crippen LogP contribution >= 0.6 is 0 Å². The molecule has 1 aliphatic rings. The van der Waals surface area contributed by atoms with Crippen LogP contribution in [0.15, 0.2) is 30.6 Å². The Morgan fingerprint density at radius 2 is 2.23 bits per heavy atom. The maximum absolute atomic E-state index is 13.6. The summed E-state index contributed by atoms with van der Waals surface area (Å²) in [6.45, 7) is 1.17. The van der Waals surface area contributed by atoms with Crippen LogP contribution in [-0.2, 0) is 11.8 Å². The van der Waals surface area contributed by atoms with E-state index < -0.39 is 11.6 Å². The number of carbonyl (C=O) groups is 1. The molecule has 3 rings (SSSR count). The summed E-state index contributed by atoms with van der Waals surface area (Å²) in [4.78, 5) is 12.4. The fourth-order valence-electron chi connectivity index (χ4n) is 2.75. The van der Waals surface area contributed by atoms with E-state index in [2.05, 4.69) is 15.7 Å². The molecule has 2 aromatic rings. The fourth-order valence-corrected chi connectivity index (χ4v) is 2.75. The average molecular weight is 306 g/mol. The van der Waals surface area contributed by atoms with Crippen molar-refractivity contribution in [2.45, 2.75) is 5.92 Å². The van der Waals surface area contributed by atoms with E-state index in [4.69, 9.17) is 0 Å². The summed E-state index contributed by atoms with van der Waals surface area (Å²) < 4.78 is 28.2. The summed E-state index contributed by atoms with van der Waals surface area (Å²) in [5.41, 5.74) is 0.954. The zero-order chi connectivity index (χ0) is 15.7. The molecule has 2 heterocycles. The third-order valence-corrected chi connectivity index (χ3v) is 3.89. The molecule has 1 amide bonds. The first-order valence-electron chi connectivity index (χ1n) is 7.00. The molecule has 2 N–H and O–H groups in total. The Morgan fingerprint density at radius 3 is 2.91 bits per heavy atom. The largest absolute Gasteiger partial charge is 0.323 e. The van der Waals surface area contributed by atoms with Crippen LogP contribution in [0.25, 0.3) is 0 Å². The van der Waals surface area contributed by atoms with Crippen LogP contribution in [0.3, 0.4) is 0 Å². The van der Waals surface area contributed by atoms with E-state index in [1.54, 1.807) is 10.9 Å². The number of benzene rings is 1. The molecule has 1 fully saturated rings. The number of nitrogens with one attached hydrogen (secondary N) is 2. The summed E-state index contributed by atoms with van der Waals surface area (Å²) in [7, 11) is 1.81. The summed E-state index contributed by atoms with van der Waals surface area (Å²) >= 11 is 0. The highest BCUT2D eigenvalue weighted by atomic mass is 19.1. The highest BCUT2D eigenvalue weighted by Gasteiger charge is 2.34. The molecule has 0 radical (unpaired) electrons. The lowest BCUT2D eigenvalue weighted by Gasteiger charge is -2.17. The van der Waals surface area contributed by atoms with E-state index in [0.717, 1.165) is 17.7 Å². The Kier molecular flexibility index (Phi) is 3.89. The molecule has 7 heteroatoms. The maximum atomic E-state index is 13.6. The smallest absolute Gasteiger partial charge is 0.229 e. The van der Waals surface area contributed by atoms with Crippen LogP contribution in [0.2, 0.25) is 0 Å². The van der Waals surface area contributed by atoms with Gasteiger partial charge in [-0.25, -0.2) is 8.78 Å². The van der Waals surface area contributed by atoms with Crippen LogP contribution in [-0.4, -0.2) is 28.8 Å². The first-order valence-corrected chi connectivity index (χ1v) is 7.00. The zero-order valence-electron chi connectivity index (χ0n) is 12.0. The van der Waals surface area contributed by atoms with Gasteiger partial charge in [0.2, 0.25) is 5.91 Å². The van der Waals surface area contributed by atoms with Crippen molar-refractivity contribution in [3.8, 4) is 0 Å². The molecule has 1 aromatic heterocycles. The lowest BCUT2D eigenvalue weighted by molar-refractivity contribution is -0.119. The van der Waals surface area contributed by atoms with Gasteiger partial charge in [0.25, 0.3) is 0 Å². The molecule has 116 valence electrons. The number of hydrogen-bond donors (Lipinski definition) is 2. The van der Waals surface area contributed by atoms with Crippen LogP contribution in [0.1, 0.15) is 11.5 Å². The molecule has 2 atom stereocenters. The standard InChI is InChI=1S/C15H16F2N4O/c1-21-8-9(5-19-21)11-6-18-7-12(11)15(22)20-14-3-2-10(16)4-13(14)17/h2-5,8,11-12,18H,6-7H2,1H3,(H,20,22)/t11-,12+/m1/s1. The highest BCUT2D eigenvalue weighted by molar-refractivity contribution is 5.93. The van der Waals surface area contributed by atoms with Gasteiger partial charge >= 0.3 is 0 Å². The average Bonchev–Trinajstić information content (AvgIpc) is 3.10. The normalized spacial score (nSPS) is 21.0. The van der Waals surface area contributed by atoms with Crippen molar-refractivity contribution in [3.63, 3.8) is 0 Å². The molecule has 5 nitrogen and oxygen atoms in total. The fraction of sp³-hybridized carbons (Fsp3) is 0.333. The van der Waals surface area contributed by atoms with Crippen molar-refractivity contribution in [1.29, 1.82) is 0 Å². The van der Waals surface area contributed by atoms with Crippen molar-refractivity contribution < 1.29 is 13.6 Å². The minimum absolute atomic E-state index is 0.0109. The second-order valence-electron chi connectivity index (χ2n) is 5.43. The SMILES string of the molecule is Cn1cc([C@H]2CNC[C@@H]2C(=O)Nc2ccc(F)cc2F)cn1. The first-order chi connectivity index (χ1) is 10.5. The summed E-state index contributed by atoms with van der Waals surface area (Å²) in [5, 5.41) is 9.83. The van der Waals surface area contributed by atoms with Gasteiger partial charge in [0, 0.05) is 38.3 Å². The third kappa shape index (κ3) is 2.85. The quantitative estimate of drug-likeness (QED) is 0.906. The zero-order valence-corrected chi connectivity index (χ0v) is 12.0. The molecule has 0 aliphatic carbocycles. The van der Waals surface area contributed by atoms with E-state index in [1.807, 2.05) is 13.2 Å². The number of aryl methyl sites for hydroxylation is 1. The molecule has 1 aliphatic heterocycles. The monoisotopic (exact) mass is 306 g/mol. The Hall–Kier alpha value is -2.28. The van der Waals surface area contributed by atoms with Gasteiger partial charge in [-0.05, 0) is 17.7 Å². The van der Waals surface area contributed by atoms with Crippen LogP contribution in [0.5, 0.6) is 0 Å². The Bertz CT molecular complexity index is 701. The molecular formula is C15H16F2N4O. The second-order valence-corrected chi connectivity index (χ2v) is 5.43. The predicted octanol–water partition coefficient (Wildman–Crippen LogP) is 1.64. The number of carbonyl (C=O) groups excluding carboxylic acids is 1. The van der Waals surface area contributed by atoms with E-state index >= 15 is 0 Å². The number of halogens is 2. The van der Waals surface area contributed by atoms with E-state index in [1.165, 1.54) is 6.07 Å². The summed E-state index contributed by atoms with van der Waals surface area (Å²) in [6.07, 6.45) is 3.60. The van der Waals surface area contributed by atoms with Crippen LogP contribution in [0.4, 0.5) is 14.5 Å². The van der Waals surface area contributed by atoms with Gasteiger partial charge in [0.15, 0.2) is 0 Å². The molecule has 1 saturated heterocycles. The molecule has 22 heavy (non-hydrogen) atoms. The van der Waals surface area contributed by atoms with Gasteiger partial charge in [-0.3, -0.25) is 9.48 Å². The molecule has 0 unspecified atom stereocenters. The van der Waals surface area contributed by atoms with Crippen molar-refractivity contribution in [1.82, 2.24) is 15.1 Å². The van der Waals surface area contributed by atoms with Gasteiger partial charge in [-0.2, -0.15) is 5.10 Å². The number of rotatable bonds is 3. The molecule has 0 saturated carbocycles. The van der Waals surface area contributed by atoms with Crippen molar-refractivity contribution in [3.05, 3.63) is 47.8 Å². The van der Waals surface area contributed by atoms with Gasteiger partial charge in [-0.1, -0.05) is 0 Å². The maximum Gasteiger partial charge on any atom is 0.229 e. The number of nitrogens with zero attached hydrogens (tertiary/aromatic N) is 2. The predicted molar refractivity (Wildman–Crippen MR) is 77.3 cm³/mol. The van der Waals surface area contributed by atoms with Gasteiger partial charge < -0.3 is 10.6 Å². The Balaban J connectivity index is 1.76. The van der Waals surface area contributed by atoms with Gasteiger partial charge in [-0.15, -0.1) is 0 Å². The number of aromatic nitrogens is 2. The molecule has 0 bridgehead atoms. The Labute approximate surface area is 126 Å². The summed E-state index contributed by atoms with van der Waals surface area (Å²) in [5.74, 6) is -2.08.